The maximum atomic E-state index is 11.5. The van der Waals surface area contributed by atoms with Gasteiger partial charge in [-0.15, -0.1) is 0 Å². The minimum absolute atomic E-state index is 0.0283. The van der Waals surface area contributed by atoms with Crippen molar-refractivity contribution in [3.63, 3.8) is 0 Å². The number of hydrogen-bond acceptors (Lipinski definition) is 4. The van der Waals surface area contributed by atoms with Crippen molar-refractivity contribution >= 4 is 16.8 Å². The molecule has 0 fully saturated rings. The number of imidazole rings is 1. The van der Waals surface area contributed by atoms with Crippen LogP contribution in [0, 0.1) is 27.7 Å². The number of ether oxygens (including phenoxy) is 2. The summed E-state index contributed by atoms with van der Waals surface area (Å²) >= 11 is 0. The summed E-state index contributed by atoms with van der Waals surface area (Å²) in [4.78, 5) is 22.5. The van der Waals surface area contributed by atoms with Gasteiger partial charge in [-0.2, -0.15) is 0 Å². The summed E-state index contributed by atoms with van der Waals surface area (Å²) in [5.74, 6) is 2.15. The molecule has 4 aromatic rings. The van der Waals surface area contributed by atoms with E-state index in [9.17, 15) is 9.59 Å². The van der Waals surface area contributed by atoms with E-state index in [1.54, 1.807) is 23.2 Å². The van der Waals surface area contributed by atoms with Crippen molar-refractivity contribution in [1.29, 1.82) is 0 Å². The minimum atomic E-state index is 0.0283. The Bertz CT molecular complexity index is 1490. The number of benzene rings is 3. The molecule has 6 heteroatoms. The van der Waals surface area contributed by atoms with Crippen molar-refractivity contribution in [3.8, 4) is 11.5 Å². The van der Waals surface area contributed by atoms with E-state index in [2.05, 4.69) is 38.1 Å². The van der Waals surface area contributed by atoms with E-state index in [0.717, 1.165) is 28.1 Å². The molecule has 0 spiro atoms. The molecule has 0 saturated carbocycles. The average molecular weight is 487 g/mol. The van der Waals surface area contributed by atoms with Crippen LogP contribution in [0.1, 0.15) is 33.4 Å². The van der Waals surface area contributed by atoms with E-state index < -0.39 is 0 Å². The number of carbonyl (C=O) groups excluding carboxylic acids is 1. The third-order valence-electron chi connectivity index (χ3n) is 6.54. The van der Waals surface area contributed by atoms with E-state index in [4.69, 9.17) is 9.47 Å². The first-order valence-corrected chi connectivity index (χ1v) is 12.2. The minimum Gasteiger partial charge on any atom is -0.486 e. The Morgan fingerprint density at radius 2 is 1.31 bits per heavy atom. The second kappa shape index (κ2) is 10.4. The summed E-state index contributed by atoms with van der Waals surface area (Å²) < 4.78 is 14.3. The van der Waals surface area contributed by atoms with Crippen molar-refractivity contribution in [2.45, 2.75) is 40.5 Å². The van der Waals surface area contributed by atoms with Crippen LogP contribution in [0.3, 0.4) is 0 Å². The highest BCUT2D eigenvalue weighted by atomic mass is 16.6. The third kappa shape index (κ3) is 5.38. The fourth-order valence-electron chi connectivity index (χ4n) is 4.70. The number of aromatic nitrogens is 2. The zero-order chi connectivity index (χ0) is 26.0. The van der Waals surface area contributed by atoms with Gasteiger partial charge in [-0.3, -0.25) is 13.9 Å². The molecule has 36 heavy (non-hydrogen) atoms. The Hall–Kier alpha value is -3.80. The van der Waals surface area contributed by atoms with Gasteiger partial charge in [0.25, 0.3) is 0 Å². The fourth-order valence-corrected chi connectivity index (χ4v) is 4.70. The first-order valence-electron chi connectivity index (χ1n) is 12.2. The number of fused-ring (bicyclic) bond motifs is 3. The summed E-state index contributed by atoms with van der Waals surface area (Å²) in [5, 5.41) is 0. The molecule has 2 heterocycles. The molecule has 6 rings (SSSR count). The Kier molecular flexibility index (Phi) is 7.34. The molecule has 2 aliphatic rings. The van der Waals surface area contributed by atoms with Crippen molar-refractivity contribution in [2.75, 3.05) is 13.2 Å². The van der Waals surface area contributed by atoms with Crippen LogP contribution in [0.15, 0.2) is 53.3 Å². The van der Waals surface area contributed by atoms with Crippen LogP contribution in [0.5, 0.6) is 11.5 Å². The summed E-state index contributed by atoms with van der Waals surface area (Å²) in [6, 6.07) is 16.4. The van der Waals surface area contributed by atoms with Gasteiger partial charge in [0.05, 0.1) is 11.0 Å². The van der Waals surface area contributed by atoms with E-state index in [-0.39, 0.29) is 5.69 Å². The quantitative estimate of drug-likeness (QED) is 0.354. The molecular formula is C30H34N2O4. The highest BCUT2D eigenvalue weighted by Crippen LogP contribution is 2.34. The predicted molar refractivity (Wildman–Crippen MR) is 143 cm³/mol. The Morgan fingerprint density at radius 1 is 0.667 bits per heavy atom. The van der Waals surface area contributed by atoms with Crippen molar-refractivity contribution in [2.24, 2.45) is 14.1 Å². The number of rotatable bonds is 0. The lowest BCUT2D eigenvalue weighted by Gasteiger charge is -2.20. The first kappa shape index (κ1) is 25.3. The van der Waals surface area contributed by atoms with Crippen LogP contribution < -0.4 is 15.2 Å². The van der Waals surface area contributed by atoms with Crippen molar-refractivity contribution < 1.29 is 14.3 Å². The molecule has 0 N–H and O–H groups in total. The van der Waals surface area contributed by atoms with Gasteiger partial charge < -0.3 is 9.47 Å². The number of Topliss-reactive ketones (excluding diaryl/α,β-unsaturated/α-hetero) is 1. The first-order chi connectivity index (χ1) is 17.1. The molecule has 0 atom stereocenters. The van der Waals surface area contributed by atoms with Gasteiger partial charge in [0.1, 0.15) is 19.0 Å². The number of hydrogen-bond donors (Lipinski definition) is 0. The van der Waals surface area contributed by atoms with Crippen LogP contribution >= 0.6 is 0 Å². The fraction of sp³-hybridized carbons (Fsp3) is 0.333. The molecule has 188 valence electrons. The lowest BCUT2D eigenvalue weighted by Crippen LogP contribution is -2.19. The van der Waals surface area contributed by atoms with E-state index >= 15 is 0 Å². The predicted octanol–water partition coefficient (Wildman–Crippen LogP) is 4.92. The molecule has 0 amide bonds. The zero-order valence-electron chi connectivity index (χ0n) is 22.0. The van der Waals surface area contributed by atoms with Gasteiger partial charge in [0.2, 0.25) is 0 Å². The molecule has 0 bridgehead atoms. The van der Waals surface area contributed by atoms with Gasteiger partial charge in [0, 0.05) is 26.9 Å². The Morgan fingerprint density at radius 3 is 2.08 bits per heavy atom. The molecule has 1 aliphatic heterocycles. The molecule has 0 unspecified atom stereocenters. The molecule has 1 aromatic heterocycles. The molecule has 0 radical (unpaired) electrons. The maximum absolute atomic E-state index is 11.5. The summed E-state index contributed by atoms with van der Waals surface area (Å²) in [6.45, 7) is 9.51. The normalized spacial score (nSPS) is 13.4. The van der Waals surface area contributed by atoms with Crippen LogP contribution in [-0.2, 0) is 31.7 Å². The summed E-state index contributed by atoms with van der Waals surface area (Å²) in [5.41, 5.74) is 9.26. The largest absolute Gasteiger partial charge is 0.486 e. The molecule has 6 nitrogen and oxygen atoms in total. The van der Waals surface area contributed by atoms with Crippen LogP contribution in [0.25, 0.3) is 11.0 Å². The number of aryl methyl sites for hydroxylation is 6. The SMILES string of the molecule is Cc1cc(C)c2c(c1)OCCO2.Cc1ccc2c(c1)CC(=O)C2.Cc1ccc2c(c1)n(C)c(=O)n2C. The highest BCUT2D eigenvalue weighted by Gasteiger charge is 2.17. The summed E-state index contributed by atoms with van der Waals surface area (Å²) in [7, 11) is 3.59. The standard InChI is InChI=1S/C10H12N2O.C10H12O2.C10H10O/c1-7-4-5-8-9(6-7)12(3)10(13)11(8)2;1-7-5-8(2)10-9(6-7)11-3-4-12-10;1-7-2-3-8-5-10(11)6-9(8)4-7/h4-6H,1-3H3;5-6H,3-4H2,1-2H3;2-4H,5-6H2,1H3. The number of nitrogens with zero attached hydrogens (tertiary/aromatic N) is 2. The summed E-state index contributed by atoms with van der Waals surface area (Å²) in [6.07, 6.45) is 1.30. The Balaban J connectivity index is 0.000000127. The maximum Gasteiger partial charge on any atom is 0.328 e. The topological polar surface area (TPSA) is 62.5 Å². The second-order valence-corrected chi connectivity index (χ2v) is 9.66. The van der Waals surface area contributed by atoms with E-state index in [1.807, 2.05) is 38.1 Å². The van der Waals surface area contributed by atoms with E-state index in [0.29, 0.717) is 31.8 Å². The van der Waals surface area contributed by atoms with Gasteiger partial charge in [-0.1, -0.05) is 35.9 Å². The van der Waals surface area contributed by atoms with E-state index in [1.165, 1.54) is 27.8 Å². The third-order valence-corrected chi connectivity index (χ3v) is 6.54. The Labute approximate surface area is 212 Å². The zero-order valence-corrected chi connectivity index (χ0v) is 22.0. The van der Waals surface area contributed by atoms with Crippen molar-refractivity contribution in [1.82, 2.24) is 9.13 Å². The number of carbonyl (C=O) groups is 1. The van der Waals surface area contributed by atoms with Gasteiger partial charge in [-0.05, 0) is 73.7 Å². The molecule has 1 aliphatic carbocycles. The molecular weight excluding hydrogens is 452 g/mol. The van der Waals surface area contributed by atoms with Crippen LogP contribution in [0.4, 0.5) is 0 Å². The average Bonchev–Trinajstić information content (AvgIpc) is 3.31. The second-order valence-electron chi connectivity index (χ2n) is 9.66. The highest BCUT2D eigenvalue weighted by molar-refractivity contribution is 5.87. The van der Waals surface area contributed by atoms with Gasteiger partial charge >= 0.3 is 5.69 Å². The lowest BCUT2D eigenvalue weighted by molar-refractivity contribution is -0.117. The van der Waals surface area contributed by atoms with Crippen LogP contribution in [0.2, 0.25) is 0 Å². The molecule has 0 saturated heterocycles. The van der Waals surface area contributed by atoms with Crippen LogP contribution in [-0.4, -0.2) is 28.1 Å². The lowest BCUT2D eigenvalue weighted by atomic mass is 10.1. The van der Waals surface area contributed by atoms with Gasteiger partial charge in [-0.25, -0.2) is 4.79 Å². The van der Waals surface area contributed by atoms with Crippen molar-refractivity contribution in [3.05, 3.63) is 92.4 Å². The smallest absolute Gasteiger partial charge is 0.328 e. The number of ketones is 1. The monoisotopic (exact) mass is 486 g/mol. The van der Waals surface area contributed by atoms with Gasteiger partial charge in [0.15, 0.2) is 11.5 Å². The molecule has 3 aromatic carbocycles.